The Morgan fingerprint density at radius 2 is 2.21 bits per heavy atom. The van der Waals surface area contributed by atoms with Crippen molar-refractivity contribution in [2.24, 2.45) is 12.8 Å². The van der Waals surface area contributed by atoms with Gasteiger partial charge in [0.25, 0.3) is 0 Å². The van der Waals surface area contributed by atoms with Gasteiger partial charge in [-0.15, -0.1) is 0 Å². The van der Waals surface area contributed by atoms with Gasteiger partial charge < -0.3 is 15.8 Å². The van der Waals surface area contributed by atoms with Crippen LogP contribution in [0.5, 0.6) is 5.75 Å². The monoisotopic (exact) mass is 393 g/mol. The zero-order valence-electron chi connectivity index (χ0n) is 15.9. The van der Waals surface area contributed by atoms with Crippen LogP contribution in [0.1, 0.15) is 16.8 Å². The van der Waals surface area contributed by atoms with E-state index in [0.717, 1.165) is 28.3 Å². The molecule has 1 aliphatic rings. The molecule has 0 radical (unpaired) electrons. The first-order valence-corrected chi connectivity index (χ1v) is 9.38. The van der Waals surface area contributed by atoms with Gasteiger partial charge in [-0.3, -0.25) is 9.08 Å². The fourth-order valence-corrected chi connectivity index (χ4v) is 3.75. The van der Waals surface area contributed by atoms with Crippen molar-refractivity contribution in [2.75, 3.05) is 11.9 Å². The zero-order chi connectivity index (χ0) is 20.0. The third-order valence-corrected chi connectivity index (χ3v) is 5.21. The number of hydrogen-bond acceptors (Lipinski definition) is 6. The van der Waals surface area contributed by atoms with E-state index in [9.17, 15) is 4.39 Å². The molecule has 1 aromatic carbocycles. The summed E-state index contributed by atoms with van der Waals surface area (Å²) in [5.74, 6) is 1.06. The van der Waals surface area contributed by atoms with E-state index < -0.39 is 0 Å². The van der Waals surface area contributed by atoms with Gasteiger partial charge in [-0.1, -0.05) is 0 Å². The summed E-state index contributed by atoms with van der Waals surface area (Å²) in [6.45, 7) is 1.18. The van der Waals surface area contributed by atoms with E-state index in [1.165, 1.54) is 6.07 Å². The largest absolute Gasteiger partial charge is 0.493 e. The minimum absolute atomic E-state index is 0.252. The van der Waals surface area contributed by atoms with E-state index in [2.05, 4.69) is 20.4 Å². The van der Waals surface area contributed by atoms with Crippen LogP contribution in [0.3, 0.4) is 0 Å². The number of aromatic nitrogens is 5. The predicted molar refractivity (Wildman–Crippen MR) is 106 cm³/mol. The lowest BCUT2D eigenvalue weighted by Gasteiger charge is -2.13. The fraction of sp³-hybridized carbons (Fsp3) is 0.250. The first-order valence-electron chi connectivity index (χ1n) is 9.38. The van der Waals surface area contributed by atoms with Gasteiger partial charge >= 0.3 is 0 Å². The first-order chi connectivity index (χ1) is 14.2. The predicted octanol–water partition coefficient (Wildman–Crippen LogP) is 2.27. The Morgan fingerprint density at radius 1 is 1.31 bits per heavy atom. The number of rotatable bonds is 5. The lowest BCUT2D eigenvalue weighted by molar-refractivity contribution is 0.356. The number of ether oxygens (including phenoxy) is 1. The molecule has 0 amide bonds. The molecule has 29 heavy (non-hydrogen) atoms. The van der Waals surface area contributed by atoms with Crippen molar-refractivity contribution in [1.29, 1.82) is 0 Å². The van der Waals surface area contributed by atoms with Crippen LogP contribution in [0, 0.1) is 5.82 Å². The molecule has 4 heterocycles. The number of nitrogens with two attached hydrogens (primary N) is 1. The van der Waals surface area contributed by atoms with Crippen molar-refractivity contribution in [3.63, 3.8) is 0 Å². The number of benzene rings is 1. The molecule has 0 fully saturated rings. The van der Waals surface area contributed by atoms with Crippen LogP contribution in [0.4, 0.5) is 10.3 Å². The van der Waals surface area contributed by atoms with Crippen molar-refractivity contribution < 1.29 is 9.13 Å². The highest BCUT2D eigenvalue weighted by atomic mass is 19.1. The molecule has 148 valence electrons. The smallest absolute Gasteiger partial charge is 0.208 e. The molecule has 3 N–H and O–H groups in total. The van der Waals surface area contributed by atoms with Crippen LogP contribution in [0.25, 0.3) is 16.9 Å². The molecule has 1 aliphatic heterocycles. The van der Waals surface area contributed by atoms with E-state index in [4.69, 9.17) is 10.5 Å². The SMILES string of the molecule is Cn1nccc1-c1cnc(NCc2c(F)ccc3c2CCO3)n2cc(CN)nc12. The summed E-state index contributed by atoms with van der Waals surface area (Å²) in [6.07, 6.45) is 6.02. The second-order valence-electron chi connectivity index (χ2n) is 6.92. The van der Waals surface area contributed by atoms with Gasteiger partial charge in [0.1, 0.15) is 11.6 Å². The molecular weight excluding hydrogens is 373 g/mol. The van der Waals surface area contributed by atoms with Gasteiger partial charge in [0.05, 0.1) is 23.6 Å². The molecule has 4 aromatic rings. The van der Waals surface area contributed by atoms with E-state index in [0.29, 0.717) is 43.3 Å². The number of imidazole rings is 1. The van der Waals surface area contributed by atoms with Crippen molar-refractivity contribution in [1.82, 2.24) is 24.1 Å². The van der Waals surface area contributed by atoms with Crippen LogP contribution in [-0.4, -0.2) is 30.8 Å². The summed E-state index contributed by atoms with van der Waals surface area (Å²) in [4.78, 5) is 9.21. The maximum atomic E-state index is 14.5. The van der Waals surface area contributed by atoms with Gasteiger partial charge in [-0.25, -0.2) is 14.4 Å². The highest BCUT2D eigenvalue weighted by Gasteiger charge is 2.20. The molecule has 5 rings (SSSR count). The summed E-state index contributed by atoms with van der Waals surface area (Å²) < 4.78 is 23.6. The van der Waals surface area contributed by atoms with Gasteiger partial charge in [0.2, 0.25) is 5.95 Å². The molecule has 3 aromatic heterocycles. The van der Waals surface area contributed by atoms with Gasteiger partial charge in [0, 0.05) is 56.3 Å². The Bertz CT molecular complexity index is 1210. The van der Waals surface area contributed by atoms with Crippen molar-refractivity contribution in [3.05, 3.63) is 59.4 Å². The molecule has 0 bridgehead atoms. The number of halogens is 1. The van der Waals surface area contributed by atoms with Gasteiger partial charge in [-0.2, -0.15) is 5.10 Å². The maximum Gasteiger partial charge on any atom is 0.208 e. The normalized spacial score (nSPS) is 12.9. The Kier molecular flexibility index (Phi) is 4.17. The van der Waals surface area contributed by atoms with Gasteiger partial charge in [0.15, 0.2) is 5.65 Å². The Labute approximate surface area is 166 Å². The number of nitrogens with one attached hydrogen (secondary N) is 1. The Hall–Kier alpha value is -3.46. The van der Waals surface area contributed by atoms with Crippen molar-refractivity contribution in [2.45, 2.75) is 19.5 Å². The minimum Gasteiger partial charge on any atom is -0.493 e. The molecule has 0 spiro atoms. The first kappa shape index (κ1) is 17.6. The molecular formula is C20H20FN7O. The van der Waals surface area contributed by atoms with Crippen LogP contribution in [0.2, 0.25) is 0 Å². The van der Waals surface area contributed by atoms with Crippen LogP contribution >= 0.6 is 0 Å². The second-order valence-corrected chi connectivity index (χ2v) is 6.92. The van der Waals surface area contributed by atoms with E-state index in [-0.39, 0.29) is 5.82 Å². The highest BCUT2D eigenvalue weighted by molar-refractivity contribution is 5.76. The molecule has 0 unspecified atom stereocenters. The van der Waals surface area contributed by atoms with Crippen LogP contribution in [0.15, 0.2) is 36.8 Å². The van der Waals surface area contributed by atoms with Gasteiger partial charge in [-0.05, 0) is 18.2 Å². The van der Waals surface area contributed by atoms with Crippen molar-refractivity contribution >= 4 is 11.6 Å². The van der Waals surface area contributed by atoms with E-state index >= 15 is 0 Å². The number of nitrogens with zero attached hydrogens (tertiary/aromatic N) is 5. The number of fused-ring (bicyclic) bond motifs is 2. The summed E-state index contributed by atoms with van der Waals surface area (Å²) >= 11 is 0. The molecule has 9 heteroatoms. The minimum atomic E-state index is -0.252. The quantitative estimate of drug-likeness (QED) is 0.540. The molecule has 8 nitrogen and oxygen atoms in total. The molecule has 0 aliphatic carbocycles. The zero-order valence-corrected chi connectivity index (χ0v) is 15.9. The maximum absolute atomic E-state index is 14.5. The summed E-state index contributed by atoms with van der Waals surface area (Å²) in [7, 11) is 1.87. The lowest BCUT2D eigenvalue weighted by Crippen LogP contribution is -2.10. The third-order valence-electron chi connectivity index (χ3n) is 5.21. The number of aryl methyl sites for hydroxylation is 1. The molecule has 0 saturated heterocycles. The number of hydrogen-bond donors (Lipinski definition) is 2. The Balaban J connectivity index is 1.54. The van der Waals surface area contributed by atoms with E-state index in [1.807, 2.05) is 23.7 Å². The van der Waals surface area contributed by atoms with Crippen LogP contribution < -0.4 is 15.8 Å². The molecule has 0 atom stereocenters. The lowest BCUT2D eigenvalue weighted by atomic mass is 10.0. The third kappa shape index (κ3) is 2.90. The Morgan fingerprint density at radius 3 is 3.00 bits per heavy atom. The van der Waals surface area contributed by atoms with Crippen molar-refractivity contribution in [3.8, 4) is 17.0 Å². The van der Waals surface area contributed by atoms with Crippen LogP contribution in [-0.2, 0) is 26.6 Å². The number of anilines is 1. The summed E-state index contributed by atoms with van der Waals surface area (Å²) in [6, 6.07) is 5.03. The summed E-state index contributed by atoms with van der Waals surface area (Å²) in [5.41, 5.74) is 10.5. The highest BCUT2D eigenvalue weighted by Crippen LogP contribution is 2.31. The molecule has 0 saturated carbocycles. The second kappa shape index (κ2) is 6.85. The summed E-state index contributed by atoms with van der Waals surface area (Å²) in [5, 5.41) is 7.48. The topological polar surface area (TPSA) is 95.3 Å². The van der Waals surface area contributed by atoms with E-state index in [1.54, 1.807) is 23.1 Å². The average Bonchev–Trinajstić information content (AvgIpc) is 3.46. The average molecular weight is 393 g/mol. The standard InChI is InChI=1S/C20H20FN7O/c1-27-17(4-6-25-27)15-10-24-20(28-11-12(8-22)26-19(15)28)23-9-14-13-5-7-29-18(13)3-2-16(14)21/h2-4,6,10-11H,5,7-9,22H2,1H3,(H,23,24). The fourth-order valence-electron chi connectivity index (χ4n) is 3.75.